The Morgan fingerprint density at radius 1 is 0.892 bits per heavy atom. The number of hydrogen-bond donors (Lipinski definition) is 0. The van der Waals surface area contributed by atoms with Gasteiger partial charge in [-0.05, 0) is 65.6 Å². The van der Waals surface area contributed by atoms with Crippen molar-refractivity contribution in [2.75, 3.05) is 25.7 Å². The summed E-state index contributed by atoms with van der Waals surface area (Å²) in [7, 11) is -0.838. The van der Waals surface area contributed by atoms with E-state index in [0.29, 0.717) is 29.1 Å². The molecule has 0 saturated carbocycles. The van der Waals surface area contributed by atoms with Gasteiger partial charge in [-0.25, -0.2) is 0 Å². The summed E-state index contributed by atoms with van der Waals surface area (Å²) in [4.78, 5) is 16.8. The average molecular weight is 536 g/mol. The van der Waals surface area contributed by atoms with E-state index >= 15 is 0 Å². The van der Waals surface area contributed by atoms with E-state index in [1.807, 2.05) is 30.3 Å². The molecule has 4 aromatic rings. The van der Waals surface area contributed by atoms with Gasteiger partial charge in [0.1, 0.15) is 11.5 Å². The van der Waals surface area contributed by atoms with E-state index in [9.17, 15) is 13.2 Å². The molecule has 9 heteroatoms. The van der Waals surface area contributed by atoms with Gasteiger partial charge in [-0.2, -0.15) is 8.42 Å². The first-order valence-corrected chi connectivity index (χ1v) is 14.0. The molecule has 0 bridgehead atoms. The molecule has 1 aromatic heterocycles. The lowest BCUT2D eigenvalue weighted by atomic mass is 10.1. The maximum Gasteiger partial charge on any atom is 0.313 e. The van der Waals surface area contributed by atoms with Crippen LogP contribution in [0.5, 0.6) is 17.2 Å². The molecular weight excluding hydrogens is 510 g/mol. The van der Waals surface area contributed by atoms with E-state index < -0.39 is 10.1 Å². The lowest BCUT2D eigenvalue weighted by Crippen LogP contribution is -2.36. The van der Waals surface area contributed by atoms with E-state index in [0.717, 1.165) is 21.8 Å². The van der Waals surface area contributed by atoms with Gasteiger partial charge >= 0.3 is 10.1 Å². The molecule has 37 heavy (non-hydrogen) atoms. The Balaban J connectivity index is 1.36. The summed E-state index contributed by atoms with van der Waals surface area (Å²) in [6.45, 7) is 0.500. The highest BCUT2D eigenvalue weighted by molar-refractivity contribution is 7.86. The topological polar surface area (TPSA) is 82.1 Å². The summed E-state index contributed by atoms with van der Waals surface area (Å²) in [5.74, 6) is 0.726. The monoisotopic (exact) mass is 535 g/mol. The summed E-state index contributed by atoms with van der Waals surface area (Å²) in [6, 6.07) is 23.5. The molecule has 0 atom stereocenters. The number of ether oxygens (including phenoxy) is 2. The minimum absolute atomic E-state index is 0.0743. The fourth-order valence-corrected chi connectivity index (χ4v) is 6.47. The van der Waals surface area contributed by atoms with Crippen molar-refractivity contribution in [3.05, 3.63) is 94.9 Å². The van der Waals surface area contributed by atoms with E-state index in [-0.39, 0.29) is 23.2 Å². The van der Waals surface area contributed by atoms with Gasteiger partial charge in [0, 0.05) is 23.2 Å². The zero-order valence-corrected chi connectivity index (χ0v) is 22.0. The van der Waals surface area contributed by atoms with Crippen molar-refractivity contribution in [3.8, 4) is 27.7 Å². The maximum absolute atomic E-state index is 13.4. The van der Waals surface area contributed by atoms with Crippen LogP contribution in [0, 0.1) is 0 Å². The van der Waals surface area contributed by atoms with Gasteiger partial charge in [-0.3, -0.25) is 4.79 Å². The fraction of sp³-hybridized carbons (Fsp3) is 0.179. The molecule has 0 saturated heterocycles. The number of nitrogens with zero attached hydrogens (tertiary/aromatic N) is 1. The van der Waals surface area contributed by atoms with Crippen LogP contribution in [0.4, 0.5) is 5.69 Å². The molecule has 0 spiro atoms. The van der Waals surface area contributed by atoms with Crippen LogP contribution in [0.3, 0.4) is 0 Å². The van der Waals surface area contributed by atoms with Crippen molar-refractivity contribution in [3.63, 3.8) is 0 Å². The largest absolute Gasteiger partial charge is 0.497 e. The zero-order chi connectivity index (χ0) is 26.0. The first-order valence-electron chi connectivity index (χ1n) is 11.6. The Morgan fingerprint density at radius 2 is 1.65 bits per heavy atom. The highest BCUT2D eigenvalue weighted by atomic mass is 32.2. The molecule has 0 N–H and O–H groups in total. The molecule has 1 aliphatic rings. The van der Waals surface area contributed by atoms with Crippen LogP contribution in [0.25, 0.3) is 10.4 Å². The number of hydrogen-bond acceptors (Lipinski definition) is 7. The number of fused-ring (bicyclic) bond motifs is 1. The number of methoxy groups -OCH3 is 2. The van der Waals surface area contributed by atoms with Gasteiger partial charge in [-0.15, -0.1) is 11.3 Å². The van der Waals surface area contributed by atoms with Crippen molar-refractivity contribution in [1.82, 2.24) is 0 Å². The Bertz CT molecular complexity index is 1530. The summed E-state index contributed by atoms with van der Waals surface area (Å²) in [5, 5.41) is 0. The number of carbonyl (C=O) groups excluding carboxylic acids is 1. The Hall–Kier alpha value is -3.82. The van der Waals surface area contributed by atoms with Crippen molar-refractivity contribution < 1.29 is 26.9 Å². The first-order chi connectivity index (χ1) is 17.9. The van der Waals surface area contributed by atoms with Crippen LogP contribution in [-0.2, 0) is 22.3 Å². The third-order valence-corrected chi connectivity index (χ3v) is 8.42. The molecule has 1 amide bonds. The second kappa shape index (κ2) is 10.3. The van der Waals surface area contributed by atoms with E-state index in [1.54, 1.807) is 48.4 Å². The minimum Gasteiger partial charge on any atom is -0.497 e. The smallest absolute Gasteiger partial charge is 0.313 e. The average Bonchev–Trinajstić information content (AvgIpc) is 3.35. The first kappa shape index (κ1) is 24.9. The predicted molar refractivity (Wildman–Crippen MR) is 144 cm³/mol. The third kappa shape index (κ3) is 5.33. The molecular formula is C28H25NO6S2. The Labute approximate surface area is 220 Å². The molecule has 190 valence electrons. The van der Waals surface area contributed by atoms with Gasteiger partial charge in [0.05, 0.1) is 19.1 Å². The number of benzene rings is 3. The predicted octanol–water partition coefficient (Wildman–Crippen LogP) is 5.54. The van der Waals surface area contributed by atoms with Crippen LogP contribution in [0.2, 0.25) is 0 Å². The molecule has 0 fully saturated rings. The summed E-state index contributed by atoms with van der Waals surface area (Å²) < 4.78 is 41.3. The van der Waals surface area contributed by atoms with E-state index in [4.69, 9.17) is 13.7 Å². The van der Waals surface area contributed by atoms with Crippen LogP contribution in [-0.4, -0.2) is 35.1 Å². The molecule has 0 radical (unpaired) electrons. The molecule has 2 heterocycles. The van der Waals surface area contributed by atoms with E-state index in [2.05, 4.69) is 6.07 Å². The fourth-order valence-electron chi connectivity index (χ4n) is 4.23. The molecule has 7 nitrogen and oxygen atoms in total. The molecule has 5 rings (SSSR count). The second-order valence-corrected chi connectivity index (χ2v) is 11.1. The van der Waals surface area contributed by atoms with Crippen molar-refractivity contribution >= 4 is 33.0 Å². The summed E-state index contributed by atoms with van der Waals surface area (Å²) in [5.41, 5.74) is 3.29. The van der Waals surface area contributed by atoms with Gasteiger partial charge in [-0.1, -0.05) is 30.3 Å². The Morgan fingerprint density at radius 3 is 2.35 bits per heavy atom. The quantitative estimate of drug-likeness (QED) is 0.276. The van der Waals surface area contributed by atoms with Gasteiger partial charge in [0.2, 0.25) is 0 Å². The van der Waals surface area contributed by atoms with Crippen molar-refractivity contribution in [2.45, 2.75) is 12.2 Å². The van der Waals surface area contributed by atoms with Gasteiger partial charge < -0.3 is 18.6 Å². The molecule has 1 aliphatic heterocycles. The van der Waals surface area contributed by atoms with Crippen molar-refractivity contribution in [1.29, 1.82) is 0 Å². The van der Waals surface area contributed by atoms with Gasteiger partial charge in [0.25, 0.3) is 5.91 Å². The normalized spacial score (nSPS) is 13.2. The lowest BCUT2D eigenvalue weighted by Gasteiger charge is -2.27. The third-order valence-electron chi connectivity index (χ3n) is 6.09. The molecule has 0 aliphatic carbocycles. The number of thiophene rings is 1. The van der Waals surface area contributed by atoms with E-state index in [1.165, 1.54) is 24.5 Å². The minimum atomic E-state index is -3.90. The summed E-state index contributed by atoms with van der Waals surface area (Å²) in [6.07, 6.45) is 0.708. The van der Waals surface area contributed by atoms with Crippen LogP contribution < -0.4 is 18.6 Å². The maximum atomic E-state index is 13.4. The second-order valence-electron chi connectivity index (χ2n) is 8.51. The lowest BCUT2D eigenvalue weighted by molar-refractivity contribution is 0.0985. The SMILES string of the molecule is COc1ccc(-c2cc3c(s2)C(=O)N(c2ccc(OS(=O)(=O)Cc4ccccc4)c(OC)c2)CC3)cc1. The highest BCUT2D eigenvalue weighted by Gasteiger charge is 2.29. The molecule has 3 aromatic carbocycles. The Kier molecular flexibility index (Phi) is 6.90. The number of amides is 1. The summed E-state index contributed by atoms with van der Waals surface area (Å²) >= 11 is 1.46. The van der Waals surface area contributed by atoms with Crippen LogP contribution >= 0.6 is 11.3 Å². The number of rotatable bonds is 8. The van der Waals surface area contributed by atoms with Crippen LogP contribution in [0.15, 0.2) is 78.9 Å². The number of carbonyl (C=O) groups is 1. The zero-order valence-electron chi connectivity index (χ0n) is 20.3. The number of anilines is 1. The standard InChI is InChI=1S/C28H25NO6S2/c1-33-23-11-8-20(9-12-23)26-16-21-14-15-29(28(30)27(21)36-26)22-10-13-24(25(17-22)34-2)35-37(31,32)18-19-6-4-3-5-7-19/h3-13,16-17H,14-15,18H2,1-2H3. The van der Waals surface area contributed by atoms with Crippen LogP contribution in [0.1, 0.15) is 20.8 Å². The molecule has 0 unspecified atom stereocenters. The van der Waals surface area contributed by atoms with Gasteiger partial charge in [0.15, 0.2) is 11.5 Å². The van der Waals surface area contributed by atoms with Crippen molar-refractivity contribution in [2.24, 2.45) is 0 Å². The highest BCUT2D eigenvalue weighted by Crippen LogP contribution is 2.39.